The third-order valence-electron chi connectivity index (χ3n) is 5.65. The Morgan fingerprint density at radius 2 is 1.89 bits per heavy atom. The van der Waals surface area contributed by atoms with Crippen LogP contribution in [0.1, 0.15) is 21.3 Å². The van der Waals surface area contributed by atoms with Gasteiger partial charge in [0.1, 0.15) is 5.02 Å². The van der Waals surface area contributed by atoms with Gasteiger partial charge >= 0.3 is 0 Å². The van der Waals surface area contributed by atoms with Gasteiger partial charge < -0.3 is 10.1 Å². The maximum Gasteiger partial charge on any atom is 0.289 e. The summed E-state index contributed by atoms with van der Waals surface area (Å²) in [5, 5.41) is 15.9. The van der Waals surface area contributed by atoms with Crippen LogP contribution in [0, 0.1) is 10.1 Å². The minimum atomic E-state index is -4.24. The van der Waals surface area contributed by atoms with E-state index >= 15 is 0 Å². The summed E-state index contributed by atoms with van der Waals surface area (Å²) in [7, 11) is -4.24. The van der Waals surface area contributed by atoms with Crippen LogP contribution in [0.3, 0.4) is 0 Å². The second-order valence-corrected chi connectivity index (χ2v) is 11.0. The Kier molecular flexibility index (Phi) is 9.87. The van der Waals surface area contributed by atoms with E-state index in [2.05, 4.69) is 14.9 Å². The predicted molar refractivity (Wildman–Crippen MR) is 144 cm³/mol. The van der Waals surface area contributed by atoms with Crippen LogP contribution in [0.25, 0.3) is 0 Å². The molecule has 1 amide bonds. The fraction of sp³-hybridized carbons (Fsp3) is 0.261. The first-order chi connectivity index (χ1) is 17.3. The summed E-state index contributed by atoms with van der Waals surface area (Å²) in [6.07, 6.45) is 0. The highest BCUT2D eigenvalue weighted by Gasteiger charge is 2.26. The third-order valence-corrected chi connectivity index (χ3v) is 8.31. The van der Waals surface area contributed by atoms with E-state index in [0.717, 1.165) is 36.2 Å². The molecule has 4 rings (SSSR count). The van der Waals surface area contributed by atoms with Gasteiger partial charge in [0, 0.05) is 30.6 Å². The molecule has 1 aromatic heterocycles. The van der Waals surface area contributed by atoms with Crippen LogP contribution in [0.15, 0.2) is 64.9 Å². The van der Waals surface area contributed by atoms with Crippen LogP contribution in [-0.4, -0.2) is 57.0 Å². The number of halogens is 2. The van der Waals surface area contributed by atoms with Crippen LogP contribution < -0.4 is 10.0 Å². The first-order valence-corrected chi connectivity index (χ1v) is 13.7. The molecule has 0 saturated carbocycles. The van der Waals surface area contributed by atoms with Gasteiger partial charge in [0.2, 0.25) is 0 Å². The quantitative estimate of drug-likeness (QED) is 0.281. The normalized spacial score (nSPS) is 14.8. The molecule has 1 unspecified atom stereocenters. The molecule has 10 nitrogen and oxygen atoms in total. The standard InChI is InChI=1S/C23H23ClN4O6S2.ClH/c24-18-8-7-16(14-20(18)28(30)31)36(32,33)26-19-5-2-1-4-17(19)23(29)25-15-21(22-6-3-13-35-22)27-9-11-34-12-10-27;/h1-8,13-14,21,26H,9-12,15H2,(H,25,29);1H. The Bertz CT molecular complexity index is 1350. The number of hydrogen-bond donors (Lipinski definition) is 2. The average molecular weight is 588 g/mol. The van der Waals surface area contributed by atoms with Gasteiger partial charge in [0.05, 0.1) is 40.3 Å². The molecule has 1 fully saturated rings. The largest absolute Gasteiger partial charge is 0.379 e. The van der Waals surface area contributed by atoms with Gasteiger partial charge in [-0.1, -0.05) is 29.8 Å². The van der Waals surface area contributed by atoms with Gasteiger partial charge in [0.25, 0.3) is 21.6 Å². The van der Waals surface area contributed by atoms with E-state index in [0.29, 0.717) is 19.8 Å². The molecule has 2 aromatic carbocycles. The molecule has 198 valence electrons. The molecule has 3 aromatic rings. The van der Waals surface area contributed by atoms with Gasteiger partial charge in [-0.15, -0.1) is 23.7 Å². The van der Waals surface area contributed by atoms with Crippen molar-refractivity contribution in [1.82, 2.24) is 10.2 Å². The smallest absolute Gasteiger partial charge is 0.289 e. The molecule has 0 aliphatic carbocycles. The summed E-state index contributed by atoms with van der Waals surface area (Å²) >= 11 is 7.40. The fourth-order valence-corrected chi connectivity index (χ4v) is 5.98. The fourth-order valence-electron chi connectivity index (χ4n) is 3.84. The molecule has 1 aliphatic rings. The van der Waals surface area contributed by atoms with Gasteiger partial charge in [-0.3, -0.25) is 24.5 Å². The summed E-state index contributed by atoms with van der Waals surface area (Å²) in [6.45, 7) is 3.03. The molecule has 14 heteroatoms. The first-order valence-electron chi connectivity index (χ1n) is 11.0. The van der Waals surface area contributed by atoms with E-state index in [9.17, 15) is 23.3 Å². The van der Waals surface area contributed by atoms with Crippen molar-refractivity contribution in [3.63, 3.8) is 0 Å². The van der Waals surface area contributed by atoms with Crippen LogP contribution in [0.2, 0.25) is 5.02 Å². The maximum atomic E-state index is 13.1. The lowest BCUT2D eigenvalue weighted by Gasteiger charge is -2.34. The van der Waals surface area contributed by atoms with Crippen LogP contribution >= 0.6 is 35.3 Å². The van der Waals surface area contributed by atoms with Gasteiger partial charge in [-0.25, -0.2) is 8.42 Å². The second-order valence-electron chi connectivity index (χ2n) is 7.91. The third kappa shape index (κ3) is 6.98. The number of nitro groups is 1. The minimum Gasteiger partial charge on any atom is -0.379 e. The highest BCUT2D eigenvalue weighted by molar-refractivity contribution is 7.92. The van der Waals surface area contributed by atoms with E-state index in [1.165, 1.54) is 12.1 Å². The molecule has 0 bridgehead atoms. The summed E-state index contributed by atoms with van der Waals surface area (Å²) in [6, 6.07) is 13.3. The molecule has 0 radical (unpaired) electrons. The maximum absolute atomic E-state index is 13.1. The zero-order valence-electron chi connectivity index (χ0n) is 19.3. The van der Waals surface area contributed by atoms with Crippen LogP contribution in [0.5, 0.6) is 0 Å². The zero-order chi connectivity index (χ0) is 25.7. The van der Waals surface area contributed by atoms with E-state index < -0.39 is 26.5 Å². The Morgan fingerprint density at radius 3 is 2.57 bits per heavy atom. The van der Waals surface area contributed by atoms with Crippen LogP contribution in [0.4, 0.5) is 11.4 Å². The number of hydrogen-bond acceptors (Lipinski definition) is 8. The van der Waals surface area contributed by atoms with Gasteiger partial charge in [-0.2, -0.15) is 0 Å². The molecule has 1 atom stereocenters. The van der Waals surface area contributed by atoms with Crippen LogP contribution in [-0.2, 0) is 14.8 Å². The van der Waals surface area contributed by atoms with E-state index in [1.54, 1.807) is 23.5 Å². The van der Waals surface area contributed by atoms with Crippen molar-refractivity contribution in [3.8, 4) is 0 Å². The molecule has 1 aliphatic heterocycles. The number of ether oxygens (including phenoxy) is 1. The van der Waals surface area contributed by atoms with Crippen molar-refractivity contribution in [2.75, 3.05) is 37.6 Å². The first kappa shape index (κ1) is 28.8. The Balaban J connectivity index is 0.00000380. The molecule has 1 saturated heterocycles. The van der Waals surface area contributed by atoms with Crippen molar-refractivity contribution in [3.05, 3.63) is 85.6 Å². The SMILES string of the molecule is Cl.O=C(NCC(c1cccs1)N1CCOCC1)c1ccccc1NS(=O)(=O)c1ccc(Cl)c([N+](=O)[O-])c1. The van der Waals surface area contributed by atoms with Crippen molar-refractivity contribution in [2.45, 2.75) is 10.9 Å². The lowest BCUT2D eigenvalue weighted by Crippen LogP contribution is -2.43. The molecular weight excluding hydrogens is 563 g/mol. The molecule has 37 heavy (non-hydrogen) atoms. The molecule has 0 spiro atoms. The van der Waals surface area contributed by atoms with Crippen molar-refractivity contribution >= 4 is 62.7 Å². The number of benzene rings is 2. The molecule has 2 heterocycles. The highest BCUT2D eigenvalue weighted by Crippen LogP contribution is 2.29. The number of thiophene rings is 1. The number of carbonyl (C=O) groups is 1. The molecular formula is C23H24Cl2N4O6S2. The predicted octanol–water partition coefficient (Wildman–Crippen LogP) is 4.34. The Labute approximate surface area is 229 Å². The van der Waals surface area contributed by atoms with Gasteiger partial charge in [-0.05, 0) is 35.7 Å². The summed E-state index contributed by atoms with van der Waals surface area (Å²) in [5.74, 6) is -0.454. The average Bonchev–Trinajstić information content (AvgIpc) is 3.39. The second kappa shape index (κ2) is 12.7. The Morgan fingerprint density at radius 1 is 1.16 bits per heavy atom. The van der Waals surface area contributed by atoms with E-state index in [4.69, 9.17) is 16.3 Å². The number of nitrogens with one attached hydrogen (secondary N) is 2. The number of rotatable bonds is 9. The number of nitro benzene ring substituents is 1. The van der Waals surface area contributed by atoms with E-state index in [1.807, 2.05) is 17.5 Å². The lowest BCUT2D eigenvalue weighted by atomic mass is 10.1. The number of sulfonamides is 1. The minimum absolute atomic E-state index is 0. The number of carbonyl (C=O) groups excluding carboxylic acids is 1. The van der Waals surface area contributed by atoms with Crippen molar-refractivity contribution < 1.29 is 22.9 Å². The highest BCUT2D eigenvalue weighted by atomic mass is 35.5. The lowest BCUT2D eigenvalue weighted by molar-refractivity contribution is -0.384. The van der Waals surface area contributed by atoms with Crippen molar-refractivity contribution in [2.24, 2.45) is 0 Å². The van der Waals surface area contributed by atoms with Gasteiger partial charge in [0.15, 0.2) is 0 Å². The summed E-state index contributed by atoms with van der Waals surface area (Å²) in [5.41, 5.74) is -0.364. The Hall–Kier alpha value is -2.74. The van der Waals surface area contributed by atoms with E-state index in [-0.39, 0.29) is 39.6 Å². The number of amides is 1. The number of anilines is 1. The number of morpholine rings is 1. The monoisotopic (exact) mass is 586 g/mol. The number of nitrogens with zero attached hydrogens (tertiary/aromatic N) is 2. The number of para-hydroxylation sites is 1. The molecule has 2 N–H and O–H groups in total. The topological polar surface area (TPSA) is 131 Å². The summed E-state index contributed by atoms with van der Waals surface area (Å²) < 4.78 is 33.8. The van der Waals surface area contributed by atoms with Crippen molar-refractivity contribution in [1.29, 1.82) is 0 Å². The zero-order valence-corrected chi connectivity index (χ0v) is 22.5. The summed E-state index contributed by atoms with van der Waals surface area (Å²) in [4.78, 5) is 26.6.